The second-order valence-electron chi connectivity index (χ2n) is 3.45. The maximum atomic E-state index is 10.3. The fourth-order valence-electron chi connectivity index (χ4n) is 1.47. The van der Waals surface area contributed by atoms with E-state index in [9.17, 15) is 4.79 Å². The van der Waals surface area contributed by atoms with Crippen LogP contribution >= 0.6 is 0 Å². The molecule has 0 aliphatic rings. The van der Waals surface area contributed by atoms with E-state index in [0.717, 1.165) is 23.3 Å². The molecule has 0 unspecified atom stereocenters. The van der Waals surface area contributed by atoms with Gasteiger partial charge in [-0.1, -0.05) is 36.4 Å². The van der Waals surface area contributed by atoms with E-state index >= 15 is 0 Å². The summed E-state index contributed by atoms with van der Waals surface area (Å²) >= 11 is 0. The first-order chi connectivity index (χ1) is 8.40. The van der Waals surface area contributed by atoms with Gasteiger partial charge in [0.15, 0.2) is 0 Å². The topological polar surface area (TPSA) is 26.3 Å². The number of para-hydroxylation sites is 2. The minimum Gasteiger partial charge on any atom is -0.457 e. The first-order valence-electron chi connectivity index (χ1n) is 5.34. The largest absolute Gasteiger partial charge is 0.457 e. The molecule has 2 aromatic rings. The van der Waals surface area contributed by atoms with Gasteiger partial charge in [0, 0.05) is 5.56 Å². The number of hydrogen-bond donors (Lipinski definition) is 0. The number of carbonyl (C=O) groups is 1. The lowest BCUT2D eigenvalue weighted by molar-refractivity contribution is -0.104. The first-order valence-corrected chi connectivity index (χ1v) is 5.34. The third-order valence-electron chi connectivity index (χ3n) is 2.24. The molecule has 2 rings (SSSR count). The highest BCUT2D eigenvalue weighted by Crippen LogP contribution is 2.25. The summed E-state index contributed by atoms with van der Waals surface area (Å²) in [7, 11) is 0. The van der Waals surface area contributed by atoms with E-state index in [1.165, 1.54) is 6.08 Å². The van der Waals surface area contributed by atoms with E-state index < -0.39 is 0 Å². The molecule has 0 bridgehead atoms. The van der Waals surface area contributed by atoms with Gasteiger partial charge in [0.2, 0.25) is 0 Å². The normalized spacial score (nSPS) is 10.4. The Bertz CT molecular complexity index is 515. The van der Waals surface area contributed by atoms with E-state index in [1.54, 1.807) is 6.08 Å². The summed E-state index contributed by atoms with van der Waals surface area (Å²) in [5.74, 6) is 1.51. The van der Waals surface area contributed by atoms with E-state index in [-0.39, 0.29) is 0 Å². The van der Waals surface area contributed by atoms with Gasteiger partial charge >= 0.3 is 0 Å². The Morgan fingerprint density at radius 3 is 2.35 bits per heavy atom. The zero-order valence-electron chi connectivity index (χ0n) is 9.24. The molecule has 0 aliphatic heterocycles. The van der Waals surface area contributed by atoms with Crippen LogP contribution in [-0.4, -0.2) is 6.29 Å². The van der Waals surface area contributed by atoms with Gasteiger partial charge in [-0.05, 0) is 30.4 Å². The molecule has 2 nitrogen and oxygen atoms in total. The zero-order valence-corrected chi connectivity index (χ0v) is 9.24. The lowest BCUT2D eigenvalue weighted by Crippen LogP contribution is -1.86. The number of benzene rings is 2. The number of rotatable bonds is 4. The SMILES string of the molecule is O=CC=Cc1ccccc1Oc1ccccc1. The number of ether oxygens (including phenoxy) is 1. The predicted octanol–water partition coefficient (Wildman–Crippen LogP) is 3.69. The van der Waals surface area contributed by atoms with Gasteiger partial charge in [0.25, 0.3) is 0 Å². The fraction of sp³-hybridized carbons (Fsp3) is 0. The lowest BCUT2D eigenvalue weighted by atomic mass is 10.2. The second kappa shape index (κ2) is 5.66. The Morgan fingerprint density at radius 2 is 1.59 bits per heavy atom. The summed E-state index contributed by atoms with van der Waals surface area (Å²) in [4.78, 5) is 10.3. The standard InChI is InChI=1S/C15H12O2/c16-12-6-8-13-7-4-5-11-15(13)17-14-9-2-1-3-10-14/h1-12H. The van der Waals surface area contributed by atoms with Crippen molar-refractivity contribution < 1.29 is 9.53 Å². The van der Waals surface area contributed by atoms with E-state index in [0.29, 0.717) is 0 Å². The highest BCUT2D eigenvalue weighted by Gasteiger charge is 2.00. The Labute approximate surface area is 100 Å². The Hall–Kier alpha value is -2.35. The molecule has 17 heavy (non-hydrogen) atoms. The number of aldehydes is 1. The molecule has 0 amide bonds. The highest BCUT2D eigenvalue weighted by atomic mass is 16.5. The van der Waals surface area contributed by atoms with Gasteiger partial charge in [-0.3, -0.25) is 4.79 Å². The molecule has 0 saturated heterocycles. The quantitative estimate of drug-likeness (QED) is 0.584. The van der Waals surface area contributed by atoms with E-state index in [4.69, 9.17) is 4.74 Å². The maximum Gasteiger partial charge on any atom is 0.142 e. The van der Waals surface area contributed by atoms with Crippen LogP contribution in [0.2, 0.25) is 0 Å². The number of carbonyl (C=O) groups excluding carboxylic acids is 1. The third-order valence-corrected chi connectivity index (χ3v) is 2.24. The number of allylic oxidation sites excluding steroid dienone is 1. The van der Waals surface area contributed by atoms with Crippen LogP contribution < -0.4 is 4.74 Å². The van der Waals surface area contributed by atoms with Crippen molar-refractivity contribution in [3.8, 4) is 11.5 Å². The molecule has 0 aliphatic carbocycles. The minimum atomic E-state index is 0.733. The molecule has 2 aromatic carbocycles. The smallest absolute Gasteiger partial charge is 0.142 e. The van der Waals surface area contributed by atoms with Crippen LogP contribution in [-0.2, 0) is 4.79 Å². The van der Waals surface area contributed by atoms with Crippen LogP contribution in [0.4, 0.5) is 0 Å². The fourth-order valence-corrected chi connectivity index (χ4v) is 1.47. The molecule has 0 saturated carbocycles. The Balaban J connectivity index is 2.26. The summed E-state index contributed by atoms with van der Waals surface area (Å²) in [6, 6.07) is 17.1. The summed E-state index contributed by atoms with van der Waals surface area (Å²) in [5, 5.41) is 0. The molecule has 2 heteroatoms. The molecule has 0 aromatic heterocycles. The predicted molar refractivity (Wildman–Crippen MR) is 68.1 cm³/mol. The molecule has 0 N–H and O–H groups in total. The van der Waals surface area contributed by atoms with Gasteiger partial charge in [0.1, 0.15) is 17.8 Å². The Kier molecular flexibility index (Phi) is 3.71. The molecular formula is C15H12O2. The first kappa shape index (κ1) is 11.1. The van der Waals surface area contributed by atoms with Gasteiger partial charge < -0.3 is 4.74 Å². The van der Waals surface area contributed by atoms with Crippen molar-refractivity contribution in [1.29, 1.82) is 0 Å². The van der Waals surface area contributed by atoms with Crippen LogP contribution in [0, 0.1) is 0 Å². The van der Waals surface area contributed by atoms with Crippen molar-refractivity contribution in [3.63, 3.8) is 0 Å². The van der Waals surface area contributed by atoms with Crippen molar-refractivity contribution in [3.05, 3.63) is 66.2 Å². The maximum absolute atomic E-state index is 10.3. The monoisotopic (exact) mass is 224 g/mol. The molecule has 0 atom stereocenters. The summed E-state index contributed by atoms with van der Waals surface area (Å²) < 4.78 is 5.74. The van der Waals surface area contributed by atoms with Gasteiger partial charge in [-0.2, -0.15) is 0 Å². The minimum absolute atomic E-state index is 0.733. The highest BCUT2D eigenvalue weighted by molar-refractivity contribution is 5.75. The molecule has 0 radical (unpaired) electrons. The molecule has 0 spiro atoms. The Morgan fingerprint density at radius 1 is 0.882 bits per heavy atom. The molecule has 84 valence electrons. The average Bonchev–Trinajstić information content (AvgIpc) is 2.39. The second-order valence-corrected chi connectivity index (χ2v) is 3.45. The van der Waals surface area contributed by atoms with Crippen LogP contribution in [0.1, 0.15) is 5.56 Å². The van der Waals surface area contributed by atoms with Crippen molar-refractivity contribution >= 4 is 12.4 Å². The van der Waals surface area contributed by atoms with Gasteiger partial charge in [-0.15, -0.1) is 0 Å². The molecule has 0 heterocycles. The van der Waals surface area contributed by atoms with Gasteiger partial charge in [0.05, 0.1) is 0 Å². The summed E-state index contributed by atoms with van der Waals surface area (Å²) in [5.41, 5.74) is 0.878. The molecule has 0 fully saturated rings. The zero-order chi connectivity index (χ0) is 11.9. The van der Waals surface area contributed by atoms with E-state index in [1.807, 2.05) is 54.6 Å². The van der Waals surface area contributed by atoms with Crippen LogP contribution in [0.15, 0.2) is 60.7 Å². The third kappa shape index (κ3) is 3.05. The van der Waals surface area contributed by atoms with Crippen molar-refractivity contribution in [1.82, 2.24) is 0 Å². The van der Waals surface area contributed by atoms with Crippen LogP contribution in [0.5, 0.6) is 11.5 Å². The molecular weight excluding hydrogens is 212 g/mol. The van der Waals surface area contributed by atoms with Crippen molar-refractivity contribution in [2.24, 2.45) is 0 Å². The average molecular weight is 224 g/mol. The summed E-state index contributed by atoms with van der Waals surface area (Å²) in [6.07, 6.45) is 3.93. The number of hydrogen-bond acceptors (Lipinski definition) is 2. The lowest BCUT2D eigenvalue weighted by Gasteiger charge is -2.08. The van der Waals surface area contributed by atoms with Crippen LogP contribution in [0.3, 0.4) is 0 Å². The van der Waals surface area contributed by atoms with E-state index in [2.05, 4.69) is 0 Å². The summed E-state index contributed by atoms with van der Waals surface area (Å²) in [6.45, 7) is 0. The van der Waals surface area contributed by atoms with Gasteiger partial charge in [-0.25, -0.2) is 0 Å². The van der Waals surface area contributed by atoms with Crippen molar-refractivity contribution in [2.45, 2.75) is 0 Å². The van der Waals surface area contributed by atoms with Crippen LogP contribution in [0.25, 0.3) is 6.08 Å². The van der Waals surface area contributed by atoms with Crippen molar-refractivity contribution in [2.75, 3.05) is 0 Å².